The second-order valence-corrected chi connectivity index (χ2v) is 6.09. The largest absolute Gasteiger partial charge is 0.496 e. The van der Waals surface area contributed by atoms with E-state index in [-0.39, 0.29) is 30.1 Å². The summed E-state index contributed by atoms with van der Waals surface area (Å²) in [4.78, 5) is 9.00. The monoisotopic (exact) mass is 419 g/mol. The lowest BCUT2D eigenvalue weighted by Crippen LogP contribution is -2.19. The topological polar surface area (TPSA) is 56.3 Å². The molecule has 156 valence electrons. The van der Waals surface area contributed by atoms with Gasteiger partial charge < -0.3 is 14.8 Å². The normalized spacial score (nSPS) is 11.2. The van der Waals surface area contributed by atoms with Gasteiger partial charge in [0.05, 0.1) is 31.2 Å². The molecule has 0 bridgehead atoms. The van der Waals surface area contributed by atoms with Gasteiger partial charge in [0, 0.05) is 11.6 Å². The Bertz CT molecular complexity index is 797. The average Bonchev–Trinajstić information content (AvgIpc) is 2.65. The first-order valence-electron chi connectivity index (χ1n) is 8.69. The van der Waals surface area contributed by atoms with E-state index in [1.54, 1.807) is 6.92 Å². The maximum absolute atomic E-state index is 13.0. The molecule has 2 rings (SSSR count). The van der Waals surface area contributed by atoms with Crippen molar-refractivity contribution in [3.63, 3.8) is 0 Å². The lowest BCUT2D eigenvalue weighted by Gasteiger charge is -2.19. The van der Waals surface area contributed by atoms with Crippen LogP contribution in [0.25, 0.3) is 11.3 Å². The van der Waals surface area contributed by atoms with E-state index >= 15 is 0 Å². The number of aryl methyl sites for hydroxylation is 1. The minimum Gasteiger partial charge on any atom is -0.496 e. The van der Waals surface area contributed by atoms with Crippen LogP contribution < -0.4 is 14.8 Å². The molecule has 0 saturated carbocycles. The van der Waals surface area contributed by atoms with Crippen LogP contribution >= 0.6 is 12.4 Å². The van der Waals surface area contributed by atoms with E-state index < -0.39 is 11.7 Å². The highest BCUT2D eigenvalue weighted by Crippen LogP contribution is 2.38. The van der Waals surface area contributed by atoms with Gasteiger partial charge in [-0.15, -0.1) is 12.4 Å². The number of methoxy groups -OCH3 is 2. The number of benzene rings is 1. The smallest absolute Gasteiger partial charge is 0.416 e. The average molecular weight is 420 g/mol. The maximum atomic E-state index is 13.0. The summed E-state index contributed by atoms with van der Waals surface area (Å²) >= 11 is 0. The van der Waals surface area contributed by atoms with Crippen LogP contribution in [-0.2, 0) is 6.18 Å². The molecule has 1 aromatic carbocycles. The van der Waals surface area contributed by atoms with E-state index in [1.165, 1.54) is 20.3 Å². The van der Waals surface area contributed by atoms with Crippen LogP contribution in [0.15, 0.2) is 18.2 Å². The van der Waals surface area contributed by atoms with Crippen LogP contribution in [0.3, 0.4) is 0 Å². The van der Waals surface area contributed by atoms with Crippen LogP contribution in [-0.4, -0.2) is 30.2 Å². The van der Waals surface area contributed by atoms with Crippen molar-refractivity contribution in [2.24, 2.45) is 0 Å². The van der Waals surface area contributed by atoms with E-state index in [0.29, 0.717) is 22.8 Å². The number of hydrogen-bond donors (Lipinski definition) is 1. The fraction of sp³-hybridized carbons (Fsp3) is 0.474. The molecule has 0 radical (unpaired) electrons. The Kier molecular flexibility index (Phi) is 8.35. The van der Waals surface area contributed by atoms with Gasteiger partial charge in [-0.1, -0.05) is 13.8 Å². The third kappa shape index (κ3) is 5.19. The summed E-state index contributed by atoms with van der Waals surface area (Å²) in [7, 11) is 2.80. The summed E-state index contributed by atoms with van der Waals surface area (Å²) in [5, 5.41) is 3.30. The van der Waals surface area contributed by atoms with Crippen LogP contribution in [0.5, 0.6) is 11.6 Å². The third-order valence-corrected chi connectivity index (χ3v) is 4.34. The lowest BCUT2D eigenvalue weighted by molar-refractivity contribution is -0.137. The minimum atomic E-state index is -4.45. The molecule has 0 unspecified atom stereocenters. The van der Waals surface area contributed by atoms with Crippen molar-refractivity contribution >= 4 is 18.2 Å². The Balaban J connectivity index is 0.00000392. The van der Waals surface area contributed by atoms with Gasteiger partial charge in [0.25, 0.3) is 5.88 Å². The van der Waals surface area contributed by atoms with E-state index in [0.717, 1.165) is 25.0 Å². The fourth-order valence-corrected chi connectivity index (χ4v) is 2.74. The van der Waals surface area contributed by atoms with Crippen molar-refractivity contribution in [1.29, 1.82) is 0 Å². The predicted molar refractivity (Wildman–Crippen MR) is 106 cm³/mol. The molecule has 0 amide bonds. The van der Waals surface area contributed by atoms with E-state index in [1.807, 2.05) is 0 Å². The van der Waals surface area contributed by atoms with Crippen molar-refractivity contribution in [3.05, 3.63) is 29.5 Å². The minimum absolute atomic E-state index is 0. The highest BCUT2D eigenvalue weighted by Gasteiger charge is 2.31. The fourth-order valence-electron chi connectivity index (χ4n) is 2.74. The first-order chi connectivity index (χ1) is 12.7. The van der Waals surface area contributed by atoms with Gasteiger partial charge in [-0.05, 0) is 38.0 Å². The van der Waals surface area contributed by atoms with Crippen molar-refractivity contribution in [2.45, 2.75) is 45.8 Å². The second-order valence-electron chi connectivity index (χ2n) is 6.09. The Morgan fingerprint density at radius 1 is 1.07 bits per heavy atom. The molecule has 0 saturated heterocycles. The van der Waals surface area contributed by atoms with Gasteiger partial charge in [0.15, 0.2) is 5.82 Å². The van der Waals surface area contributed by atoms with Gasteiger partial charge in [-0.2, -0.15) is 13.2 Å². The molecule has 1 aromatic heterocycles. The van der Waals surface area contributed by atoms with E-state index in [4.69, 9.17) is 9.47 Å². The number of aromatic nitrogens is 2. The van der Waals surface area contributed by atoms with Crippen LogP contribution in [0, 0.1) is 6.92 Å². The number of halogens is 4. The molecule has 0 atom stereocenters. The summed E-state index contributed by atoms with van der Waals surface area (Å²) in [6, 6.07) is 3.52. The number of nitrogens with one attached hydrogen (secondary N) is 1. The van der Waals surface area contributed by atoms with Gasteiger partial charge in [-0.25, -0.2) is 9.97 Å². The molecule has 9 heteroatoms. The van der Waals surface area contributed by atoms with Crippen LogP contribution in [0.2, 0.25) is 0 Å². The Labute approximate surface area is 169 Å². The van der Waals surface area contributed by atoms with Gasteiger partial charge in [0.2, 0.25) is 0 Å². The standard InChI is InChI=1S/C19H24F3N3O2.ClH/c1-6-13(7-2)24-17-18(27-5)25-16(11(3)23-17)14-9-8-12(19(20,21)22)10-15(14)26-4;/h8-10,13H,6-7H2,1-5H3,(H,23,24);1H. The first kappa shape index (κ1) is 23.8. The van der Waals surface area contributed by atoms with Crippen LogP contribution in [0.4, 0.5) is 19.0 Å². The van der Waals surface area contributed by atoms with Crippen molar-refractivity contribution < 1.29 is 22.6 Å². The molecule has 5 nitrogen and oxygen atoms in total. The van der Waals surface area contributed by atoms with E-state index in [9.17, 15) is 13.2 Å². The SMILES string of the molecule is CCC(CC)Nc1nc(C)c(-c2ccc(C(F)(F)F)cc2OC)nc1OC.Cl. The molecule has 0 aliphatic rings. The molecule has 0 aliphatic heterocycles. The zero-order valence-corrected chi connectivity index (χ0v) is 17.3. The highest BCUT2D eigenvalue weighted by atomic mass is 35.5. The van der Waals surface area contributed by atoms with Crippen LogP contribution in [0.1, 0.15) is 37.9 Å². The Morgan fingerprint density at radius 3 is 2.21 bits per heavy atom. The molecule has 1 N–H and O–H groups in total. The lowest BCUT2D eigenvalue weighted by atomic mass is 10.1. The number of rotatable bonds is 7. The van der Waals surface area contributed by atoms with Gasteiger partial charge in [0.1, 0.15) is 5.75 Å². The molecule has 28 heavy (non-hydrogen) atoms. The number of anilines is 1. The molecule has 2 aromatic rings. The van der Waals surface area contributed by atoms with Gasteiger partial charge in [-0.3, -0.25) is 0 Å². The zero-order chi connectivity index (χ0) is 20.2. The van der Waals surface area contributed by atoms with Gasteiger partial charge >= 0.3 is 6.18 Å². The summed E-state index contributed by atoms with van der Waals surface area (Å²) < 4.78 is 49.4. The predicted octanol–water partition coefficient (Wildman–Crippen LogP) is 5.51. The van der Waals surface area contributed by atoms with Crippen molar-refractivity contribution in [1.82, 2.24) is 9.97 Å². The van der Waals surface area contributed by atoms with Crippen molar-refractivity contribution in [2.75, 3.05) is 19.5 Å². The highest BCUT2D eigenvalue weighted by molar-refractivity contribution is 5.85. The second kappa shape index (κ2) is 9.82. The molecule has 1 heterocycles. The summed E-state index contributed by atoms with van der Waals surface area (Å²) in [6.07, 6.45) is -2.63. The number of hydrogen-bond acceptors (Lipinski definition) is 5. The summed E-state index contributed by atoms with van der Waals surface area (Å²) in [5.41, 5.74) is 0.602. The van der Waals surface area contributed by atoms with E-state index in [2.05, 4.69) is 29.1 Å². The summed E-state index contributed by atoms with van der Waals surface area (Å²) in [6.45, 7) is 5.88. The molecule has 0 aliphatic carbocycles. The number of nitrogens with zero attached hydrogens (tertiary/aromatic N) is 2. The zero-order valence-electron chi connectivity index (χ0n) is 16.5. The van der Waals surface area contributed by atoms with Crippen molar-refractivity contribution in [3.8, 4) is 22.9 Å². The third-order valence-electron chi connectivity index (χ3n) is 4.34. The quantitative estimate of drug-likeness (QED) is 0.641. The Hall–Kier alpha value is -2.22. The maximum Gasteiger partial charge on any atom is 0.416 e. The summed E-state index contributed by atoms with van der Waals surface area (Å²) in [5.74, 6) is 0.868. The Morgan fingerprint density at radius 2 is 1.71 bits per heavy atom. The number of alkyl halides is 3. The molecular weight excluding hydrogens is 395 g/mol. The molecule has 0 fully saturated rings. The number of ether oxygens (including phenoxy) is 2. The molecule has 0 spiro atoms. The molecular formula is C19H25ClF3N3O2. The first-order valence-corrected chi connectivity index (χ1v) is 8.69.